The summed E-state index contributed by atoms with van der Waals surface area (Å²) in [6, 6.07) is 14.0. The van der Waals surface area contributed by atoms with Crippen LogP contribution in [0.1, 0.15) is 12.0 Å². The molecule has 1 saturated heterocycles. The summed E-state index contributed by atoms with van der Waals surface area (Å²) < 4.78 is 6.00. The maximum absolute atomic E-state index is 12.0. The smallest absolute Gasteiger partial charge is 0.247 e. The molecule has 0 spiro atoms. The summed E-state index contributed by atoms with van der Waals surface area (Å²) in [4.78, 5) is 23.1. The first-order chi connectivity index (χ1) is 15.2. The van der Waals surface area contributed by atoms with E-state index >= 15 is 0 Å². The van der Waals surface area contributed by atoms with Gasteiger partial charge < -0.3 is 15.4 Å². The van der Waals surface area contributed by atoms with Crippen molar-refractivity contribution in [3.05, 3.63) is 67.0 Å². The zero-order valence-electron chi connectivity index (χ0n) is 17.5. The normalized spacial score (nSPS) is 13.4. The number of nitrogens with one attached hydrogen (secondary N) is 2. The maximum Gasteiger partial charge on any atom is 0.247 e. The molecular weight excluding hydrogens is 390 g/mol. The van der Waals surface area contributed by atoms with E-state index < -0.39 is 0 Å². The Morgan fingerprint density at radius 3 is 2.77 bits per heavy atom. The number of carbonyl (C=O) groups is 1. The van der Waals surface area contributed by atoms with Gasteiger partial charge in [-0.2, -0.15) is 0 Å². The lowest BCUT2D eigenvalue weighted by Crippen LogP contribution is -2.39. The van der Waals surface area contributed by atoms with E-state index in [4.69, 9.17) is 4.74 Å². The summed E-state index contributed by atoms with van der Waals surface area (Å²) in [6.45, 7) is 7.93. The molecule has 7 nitrogen and oxygen atoms in total. The number of ether oxygens (including phenoxy) is 1. The molecule has 0 atom stereocenters. The van der Waals surface area contributed by atoms with Crippen LogP contribution < -0.4 is 15.4 Å². The van der Waals surface area contributed by atoms with Crippen molar-refractivity contribution in [2.24, 2.45) is 0 Å². The van der Waals surface area contributed by atoms with Crippen LogP contribution in [0, 0.1) is 0 Å². The molecule has 1 fully saturated rings. The summed E-state index contributed by atoms with van der Waals surface area (Å²) in [5, 5.41) is 7.06. The van der Waals surface area contributed by atoms with Crippen LogP contribution in [0.15, 0.2) is 61.4 Å². The largest absolute Gasteiger partial charge is 0.490 e. The van der Waals surface area contributed by atoms with Crippen LogP contribution in [0.25, 0.3) is 10.9 Å². The molecule has 2 aromatic carbocycles. The fourth-order valence-corrected chi connectivity index (χ4v) is 3.49. The minimum atomic E-state index is -0.289. The summed E-state index contributed by atoms with van der Waals surface area (Å²) >= 11 is 0. The highest BCUT2D eigenvalue weighted by Crippen LogP contribution is 2.32. The van der Waals surface area contributed by atoms with Crippen molar-refractivity contribution in [1.29, 1.82) is 0 Å². The Morgan fingerprint density at radius 1 is 1.19 bits per heavy atom. The van der Waals surface area contributed by atoms with Crippen molar-refractivity contribution < 1.29 is 9.53 Å². The molecule has 7 heteroatoms. The van der Waals surface area contributed by atoms with Gasteiger partial charge in [-0.1, -0.05) is 36.9 Å². The molecular formula is C24H27N5O2. The third kappa shape index (κ3) is 5.38. The zero-order valence-corrected chi connectivity index (χ0v) is 17.5. The average Bonchev–Trinajstić information content (AvgIpc) is 2.76. The van der Waals surface area contributed by atoms with Gasteiger partial charge in [0.25, 0.3) is 0 Å². The van der Waals surface area contributed by atoms with Crippen LogP contribution >= 0.6 is 0 Å². The monoisotopic (exact) mass is 417 g/mol. The lowest BCUT2D eigenvalue weighted by atomic mass is 10.1. The van der Waals surface area contributed by atoms with E-state index in [9.17, 15) is 4.79 Å². The highest BCUT2D eigenvalue weighted by atomic mass is 16.5. The molecule has 2 N–H and O–H groups in total. The molecule has 1 aliphatic rings. The Balaban J connectivity index is 1.53. The SMILES string of the molecule is C=CC(=O)Nc1cc2c(NCCc3ccccc3)ncnc2cc1OCCN1CCC1. The molecule has 0 saturated carbocycles. The second-order valence-electron chi connectivity index (χ2n) is 7.49. The highest BCUT2D eigenvalue weighted by Gasteiger charge is 2.15. The third-order valence-electron chi connectivity index (χ3n) is 5.34. The maximum atomic E-state index is 12.0. The average molecular weight is 418 g/mol. The van der Waals surface area contributed by atoms with Crippen molar-refractivity contribution in [3.63, 3.8) is 0 Å². The summed E-state index contributed by atoms with van der Waals surface area (Å²) in [7, 11) is 0. The molecule has 1 aromatic heterocycles. The molecule has 2 heterocycles. The minimum absolute atomic E-state index is 0.289. The number of aromatic nitrogens is 2. The van der Waals surface area contributed by atoms with Gasteiger partial charge in [0.2, 0.25) is 5.91 Å². The number of likely N-dealkylation sites (tertiary alicyclic amines) is 1. The van der Waals surface area contributed by atoms with Crippen LogP contribution in [0.3, 0.4) is 0 Å². The van der Waals surface area contributed by atoms with Gasteiger partial charge in [0, 0.05) is 24.5 Å². The minimum Gasteiger partial charge on any atom is -0.490 e. The van der Waals surface area contributed by atoms with Gasteiger partial charge in [-0.25, -0.2) is 9.97 Å². The number of fused-ring (bicyclic) bond motifs is 1. The Labute approximate surface area is 182 Å². The standard InChI is InChI=1S/C24H27N5O2/c1-2-23(30)28-21-15-19-20(16-22(21)31-14-13-29-11-6-12-29)26-17-27-24(19)25-10-9-18-7-4-3-5-8-18/h2-5,7-8,15-17H,1,6,9-14H2,(H,28,30)(H,25,26,27). The van der Waals surface area contributed by atoms with Gasteiger partial charge in [-0.15, -0.1) is 0 Å². The number of benzene rings is 2. The molecule has 160 valence electrons. The number of carbonyl (C=O) groups excluding carboxylic acids is 1. The van der Waals surface area contributed by atoms with Gasteiger partial charge in [0.05, 0.1) is 11.2 Å². The Hall–Kier alpha value is -3.45. The number of hydrogen-bond acceptors (Lipinski definition) is 6. The molecule has 31 heavy (non-hydrogen) atoms. The predicted octanol–water partition coefficient (Wildman–Crippen LogP) is 3.49. The molecule has 1 aliphatic heterocycles. The van der Waals surface area contributed by atoms with Crippen LogP contribution in [-0.4, -0.2) is 53.6 Å². The van der Waals surface area contributed by atoms with Gasteiger partial charge >= 0.3 is 0 Å². The van der Waals surface area contributed by atoms with E-state index in [1.165, 1.54) is 18.1 Å². The molecule has 0 aliphatic carbocycles. The van der Waals surface area contributed by atoms with Crippen LogP contribution in [0.5, 0.6) is 5.75 Å². The summed E-state index contributed by atoms with van der Waals surface area (Å²) in [6.07, 6.45) is 4.91. The number of rotatable bonds is 10. The second kappa shape index (κ2) is 10.0. The fraction of sp³-hybridized carbons (Fsp3) is 0.292. The molecule has 3 aromatic rings. The van der Waals surface area contributed by atoms with E-state index in [2.05, 4.69) is 44.2 Å². The van der Waals surface area contributed by atoms with E-state index in [1.807, 2.05) is 30.3 Å². The zero-order chi connectivity index (χ0) is 21.5. The van der Waals surface area contributed by atoms with Crippen molar-refractivity contribution in [3.8, 4) is 5.75 Å². The van der Waals surface area contributed by atoms with E-state index in [0.29, 0.717) is 18.0 Å². The number of hydrogen-bond donors (Lipinski definition) is 2. The first kappa shape index (κ1) is 20.8. The summed E-state index contributed by atoms with van der Waals surface area (Å²) in [5.41, 5.74) is 2.60. The van der Waals surface area contributed by atoms with Crippen LogP contribution in [0.2, 0.25) is 0 Å². The fourth-order valence-electron chi connectivity index (χ4n) is 3.49. The van der Waals surface area contributed by atoms with E-state index in [0.717, 1.165) is 49.3 Å². The van der Waals surface area contributed by atoms with Crippen LogP contribution in [-0.2, 0) is 11.2 Å². The lowest BCUT2D eigenvalue weighted by molar-refractivity contribution is -0.111. The first-order valence-electron chi connectivity index (χ1n) is 10.6. The summed E-state index contributed by atoms with van der Waals surface area (Å²) in [5.74, 6) is 1.03. The second-order valence-corrected chi connectivity index (χ2v) is 7.49. The highest BCUT2D eigenvalue weighted by molar-refractivity contribution is 6.03. The van der Waals surface area contributed by atoms with Crippen molar-refractivity contribution in [2.75, 3.05) is 43.4 Å². The first-order valence-corrected chi connectivity index (χ1v) is 10.6. The quantitative estimate of drug-likeness (QED) is 0.492. The molecule has 0 unspecified atom stereocenters. The Bertz CT molecular complexity index is 1050. The van der Waals surface area contributed by atoms with Crippen molar-refractivity contribution in [2.45, 2.75) is 12.8 Å². The third-order valence-corrected chi connectivity index (χ3v) is 5.34. The van der Waals surface area contributed by atoms with E-state index in [-0.39, 0.29) is 5.91 Å². The molecule has 1 amide bonds. The van der Waals surface area contributed by atoms with Gasteiger partial charge in [0.15, 0.2) is 0 Å². The van der Waals surface area contributed by atoms with Gasteiger partial charge in [-0.3, -0.25) is 9.69 Å². The number of anilines is 2. The number of amides is 1. The van der Waals surface area contributed by atoms with Crippen molar-refractivity contribution >= 4 is 28.3 Å². The van der Waals surface area contributed by atoms with Crippen molar-refractivity contribution in [1.82, 2.24) is 14.9 Å². The Kier molecular flexibility index (Phi) is 6.74. The molecule has 4 rings (SSSR count). The molecule has 0 bridgehead atoms. The van der Waals surface area contributed by atoms with Gasteiger partial charge in [-0.05, 0) is 43.6 Å². The number of nitrogens with zero attached hydrogens (tertiary/aromatic N) is 3. The van der Waals surface area contributed by atoms with Gasteiger partial charge in [0.1, 0.15) is 24.5 Å². The topological polar surface area (TPSA) is 79.4 Å². The predicted molar refractivity (Wildman–Crippen MR) is 124 cm³/mol. The molecule has 0 radical (unpaired) electrons. The van der Waals surface area contributed by atoms with Crippen LogP contribution in [0.4, 0.5) is 11.5 Å². The Morgan fingerprint density at radius 2 is 2.03 bits per heavy atom. The van der Waals surface area contributed by atoms with E-state index in [1.54, 1.807) is 6.33 Å². The lowest BCUT2D eigenvalue weighted by Gasteiger charge is -2.30.